The van der Waals surface area contributed by atoms with Crippen molar-refractivity contribution in [3.05, 3.63) is 81.6 Å². The summed E-state index contributed by atoms with van der Waals surface area (Å²) in [4.78, 5) is 37.8. The lowest BCUT2D eigenvalue weighted by atomic mass is 9.99. The molecule has 42 heavy (non-hydrogen) atoms. The predicted molar refractivity (Wildman–Crippen MR) is 163 cm³/mol. The molecule has 222 valence electrons. The monoisotopic (exact) mass is 576 g/mol. The zero-order chi connectivity index (χ0) is 30.4. The summed E-state index contributed by atoms with van der Waals surface area (Å²) in [6, 6.07) is 11.6. The number of carbonyl (C=O) groups is 1. The predicted octanol–water partition coefficient (Wildman–Crippen LogP) is 5.71. The van der Waals surface area contributed by atoms with Gasteiger partial charge in [-0.3, -0.25) is 14.2 Å². The van der Waals surface area contributed by atoms with E-state index in [1.165, 1.54) is 12.1 Å². The van der Waals surface area contributed by atoms with Crippen LogP contribution in [-0.2, 0) is 0 Å². The second-order valence-electron chi connectivity index (χ2n) is 10.3. The number of fused-ring (bicyclic) bond motifs is 1. The number of nitrogens with one attached hydrogen (secondary N) is 2. The van der Waals surface area contributed by atoms with Crippen molar-refractivity contribution >= 4 is 22.9 Å². The standard InChI is InChI=1S/C32H38F2N6O2/c1-6-21(5)36-31(42)22-14-13-20(4)24(19-22)28-23-15-16-27(41)40(29-25(33)11-9-12-26(29)34)30(23)38-32(37-28)35-17-10-18-39(7-2)8-3/h9,11-16,19,21H,6-8,10,17-18H2,1-5H3,(H,36,42)(H,35,37,38). The second kappa shape index (κ2) is 13.7. The molecule has 2 aromatic heterocycles. The summed E-state index contributed by atoms with van der Waals surface area (Å²) in [6.45, 7) is 13.3. The zero-order valence-corrected chi connectivity index (χ0v) is 24.8. The zero-order valence-electron chi connectivity index (χ0n) is 24.8. The van der Waals surface area contributed by atoms with Gasteiger partial charge in [-0.1, -0.05) is 32.9 Å². The lowest BCUT2D eigenvalue weighted by Gasteiger charge is -2.19. The third-order valence-corrected chi connectivity index (χ3v) is 7.48. The van der Waals surface area contributed by atoms with Gasteiger partial charge in [0.15, 0.2) is 5.65 Å². The highest BCUT2D eigenvalue weighted by atomic mass is 19.1. The molecule has 1 amide bonds. The van der Waals surface area contributed by atoms with Gasteiger partial charge in [-0.15, -0.1) is 0 Å². The Morgan fingerprint density at radius 2 is 1.74 bits per heavy atom. The summed E-state index contributed by atoms with van der Waals surface area (Å²) >= 11 is 0. The minimum Gasteiger partial charge on any atom is -0.354 e. The van der Waals surface area contributed by atoms with Crippen LogP contribution in [0.5, 0.6) is 0 Å². The average Bonchev–Trinajstić information content (AvgIpc) is 2.98. The number of rotatable bonds is 12. The highest BCUT2D eigenvalue weighted by Crippen LogP contribution is 2.31. The topological polar surface area (TPSA) is 92.2 Å². The first kappa shape index (κ1) is 30.8. The second-order valence-corrected chi connectivity index (χ2v) is 10.3. The number of amides is 1. The number of carbonyl (C=O) groups excluding carboxylic acids is 1. The first-order valence-corrected chi connectivity index (χ1v) is 14.4. The molecule has 0 radical (unpaired) electrons. The third-order valence-electron chi connectivity index (χ3n) is 7.48. The van der Waals surface area contributed by atoms with Gasteiger partial charge < -0.3 is 15.5 Å². The average molecular weight is 577 g/mol. The number of aryl methyl sites for hydroxylation is 1. The summed E-state index contributed by atoms with van der Waals surface area (Å²) in [5.41, 5.74) is 1.27. The van der Waals surface area contributed by atoms with E-state index in [9.17, 15) is 18.4 Å². The Bertz CT molecular complexity index is 1610. The van der Waals surface area contributed by atoms with Gasteiger partial charge in [-0.2, -0.15) is 4.98 Å². The maximum absolute atomic E-state index is 15.0. The van der Waals surface area contributed by atoms with Gasteiger partial charge in [0.1, 0.15) is 17.3 Å². The van der Waals surface area contributed by atoms with Gasteiger partial charge in [0.2, 0.25) is 5.95 Å². The smallest absolute Gasteiger partial charge is 0.256 e. The summed E-state index contributed by atoms with van der Waals surface area (Å²) in [5, 5.41) is 6.63. The Labute approximate surface area is 244 Å². The van der Waals surface area contributed by atoms with E-state index in [0.717, 1.165) is 54.7 Å². The number of hydrogen-bond donors (Lipinski definition) is 2. The molecule has 0 bridgehead atoms. The highest BCUT2D eigenvalue weighted by molar-refractivity contribution is 5.98. The van der Waals surface area contributed by atoms with Crippen molar-refractivity contribution in [3.63, 3.8) is 0 Å². The lowest BCUT2D eigenvalue weighted by Crippen LogP contribution is -2.31. The van der Waals surface area contributed by atoms with E-state index in [0.29, 0.717) is 28.8 Å². The van der Waals surface area contributed by atoms with E-state index in [4.69, 9.17) is 4.98 Å². The van der Waals surface area contributed by atoms with E-state index in [2.05, 4.69) is 34.4 Å². The fourth-order valence-corrected chi connectivity index (χ4v) is 4.79. The Morgan fingerprint density at radius 3 is 2.40 bits per heavy atom. The molecule has 0 aliphatic rings. The number of benzene rings is 2. The quantitative estimate of drug-likeness (QED) is 0.210. The molecule has 0 spiro atoms. The third kappa shape index (κ3) is 6.65. The highest BCUT2D eigenvalue weighted by Gasteiger charge is 2.21. The molecule has 4 aromatic rings. The van der Waals surface area contributed by atoms with Gasteiger partial charge in [0.05, 0.1) is 5.69 Å². The minimum absolute atomic E-state index is 0.000578. The summed E-state index contributed by atoms with van der Waals surface area (Å²) < 4.78 is 30.9. The number of pyridine rings is 1. The van der Waals surface area contributed by atoms with Crippen molar-refractivity contribution in [1.29, 1.82) is 0 Å². The van der Waals surface area contributed by atoms with Crippen LogP contribution in [0, 0.1) is 18.6 Å². The van der Waals surface area contributed by atoms with Gasteiger partial charge >= 0.3 is 0 Å². The SMILES string of the molecule is CCC(C)NC(=O)c1ccc(C)c(-c2nc(NCCCN(CC)CC)nc3c2ccc(=O)n3-c2c(F)cccc2F)c1. The maximum Gasteiger partial charge on any atom is 0.256 e. The van der Waals surface area contributed by atoms with Crippen LogP contribution in [0.3, 0.4) is 0 Å². The van der Waals surface area contributed by atoms with Crippen molar-refractivity contribution in [3.8, 4) is 16.9 Å². The number of aromatic nitrogens is 3. The molecule has 0 fully saturated rings. The van der Waals surface area contributed by atoms with Crippen LogP contribution in [0.4, 0.5) is 14.7 Å². The number of anilines is 1. The van der Waals surface area contributed by atoms with E-state index in [1.54, 1.807) is 18.2 Å². The van der Waals surface area contributed by atoms with E-state index < -0.39 is 22.9 Å². The van der Waals surface area contributed by atoms with Gasteiger partial charge in [-0.05, 0) is 82.2 Å². The molecule has 2 N–H and O–H groups in total. The summed E-state index contributed by atoms with van der Waals surface area (Å²) in [7, 11) is 0. The minimum atomic E-state index is -0.890. The van der Waals surface area contributed by atoms with Crippen LogP contribution >= 0.6 is 0 Å². The van der Waals surface area contributed by atoms with Crippen LogP contribution in [0.1, 0.15) is 56.5 Å². The molecule has 0 aliphatic carbocycles. The van der Waals surface area contributed by atoms with Crippen molar-refractivity contribution in [2.24, 2.45) is 0 Å². The number of halogens is 2. The number of nitrogens with zero attached hydrogens (tertiary/aromatic N) is 4. The first-order chi connectivity index (χ1) is 20.2. The molecular formula is C32H38F2N6O2. The summed E-state index contributed by atoms with van der Waals surface area (Å²) in [5.74, 6) is -1.79. The molecular weight excluding hydrogens is 538 g/mol. The van der Waals surface area contributed by atoms with Crippen LogP contribution in [-0.4, -0.2) is 57.6 Å². The summed E-state index contributed by atoms with van der Waals surface area (Å²) in [6.07, 6.45) is 1.60. The van der Waals surface area contributed by atoms with Crippen molar-refractivity contribution < 1.29 is 13.6 Å². The number of para-hydroxylation sites is 1. The first-order valence-electron chi connectivity index (χ1n) is 14.4. The normalized spacial score (nSPS) is 12.1. The van der Waals surface area contributed by atoms with Crippen molar-refractivity contribution in [2.75, 3.05) is 31.5 Å². The molecule has 0 saturated heterocycles. The van der Waals surface area contributed by atoms with Crippen LogP contribution < -0.4 is 16.2 Å². The van der Waals surface area contributed by atoms with Crippen LogP contribution in [0.15, 0.2) is 53.3 Å². The molecule has 10 heteroatoms. The largest absolute Gasteiger partial charge is 0.354 e. The van der Waals surface area contributed by atoms with Crippen molar-refractivity contribution in [2.45, 2.75) is 53.5 Å². The lowest BCUT2D eigenvalue weighted by molar-refractivity contribution is 0.0939. The number of hydrogen-bond acceptors (Lipinski definition) is 6. The fraction of sp³-hybridized carbons (Fsp3) is 0.375. The van der Waals surface area contributed by atoms with E-state index in [1.807, 2.05) is 26.8 Å². The molecule has 0 aliphatic heterocycles. The Morgan fingerprint density at radius 1 is 1.02 bits per heavy atom. The molecule has 2 aromatic carbocycles. The van der Waals surface area contributed by atoms with E-state index >= 15 is 0 Å². The van der Waals surface area contributed by atoms with Crippen molar-refractivity contribution in [1.82, 2.24) is 24.8 Å². The Balaban J connectivity index is 1.90. The fourth-order valence-electron chi connectivity index (χ4n) is 4.79. The molecule has 1 atom stereocenters. The molecule has 1 unspecified atom stereocenters. The van der Waals surface area contributed by atoms with Crippen LogP contribution in [0.2, 0.25) is 0 Å². The van der Waals surface area contributed by atoms with Crippen LogP contribution in [0.25, 0.3) is 28.0 Å². The van der Waals surface area contributed by atoms with Gasteiger partial charge in [0, 0.05) is 35.2 Å². The molecule has 4 rings (SSSR count). The Kier molecular flexibility index (Phi) is 10.0. The molecule has 0 saturated carbocycles. The van der Waals surface area contributed by atoms with E-state index in [-0.39, 0.29) is 23.5 Å². The van der Waals surface area contributed by atoms with Gasteiger partial charge in [0.25, 0.3) is 11.5 Å². The maximum atomic E-state index is 15.0. The Hall–Kier alpha value is -4.18. The van der Waals surface area contributed by atoms with Gasteiger partial charge in [-0.25, -0.2) is 13.8 Å². The molecule has 8 nitrogen and oxygen atoms in total. The molecule has 2 heterocycles.